The quantitative estimate of drug-likeness (QED) is 0.531. The fourth-order valence-corrected chi connectivity index (χ4v) is 5.98. The van der Waals surface area contributed by atoms with Crippen molar-refractivity contribution in [3.63, 3.8) is 0 Å². The van der Waals surface area contributed by atoms with E-state index in [1.807, 2.05) is 0 Å². The molecule has 2 aromatic heterocycles. The van der Waals surface area contributed by atoms with Gasteiger partial charge in [-0.2, -0.15) is 4.31 Å². The Morgan fingerprint density at radius 2 is 1.83 bits per heavy atom. The number of likely N-dealkylation sites (N-methyl/N-ethyl adjacent to an activating group) is 1. The third kappa shape index (κ3) is 5.43. The van der Waals surface area contributed by atoms with E-state index >= 15 is 0 Å². The summed E-state index contributed by atoms with van der Waals surface area (Å²) in [5, 5.41) is 7.42. The van der Waals surface area contributed by atoms with Crippen molar-refractivity contribution in [3.8, 4) is 11.3 Å². The number of halogens is 1. The molecule has 0 radical (unpaired) electrons. The first-order chi connectivity index (χ1) is 14.1. The number of nitrogens with one attached hydrogen (secondary N) is 2. The van der Waals surface area contributed by atoms with Crippen LogP contribution in [0.4, 0.5) is 10.8 Å². The number of amides is 2. The van der Waals surface area contributed by atoms with E-state index in [-0.39, 0.29) is 16.7 Å². The van der Waals surface area contributed by atoms with Crippen LogP contribution in [-0.2, 0) is 19.6 Å². The molecule has 3 rings (SSSR count). The molecule has 1 aromatic carbocycles. The fraction of sp³-hybridized carbons (Fsp3) is 0.167. The number of thiazole rings is 1. The van der Waals surface area contributed by atoms with Crippen molar-refractivity contribution in [2.75, 3.05) is 24.2 Å². The highest BCUT2D eigenvalue weighted by atomic mass is 35.5. The summed E-state index contributed by atoms with van der Waals surface area (Å²) in [5.74, 6) is -0.666. The molecule has 0 atom stereocenters. The summed E-state index contributed by atoms with van der Waals surface area (Å²) in [6.07, 6.45) is 0. The van der Waals surface area contributed by atoms with Crippen molar-refractivity contribution in [2.24, 2.45) is 0 Å². The topological polar surface area (TPSA) is 108 Å². The Kier molecular flexibility index (Phi) is 6.88. The fourth-order valence-electron chi connectivity index (χ4n) is 2.43. The molecule has 0 saturated carbocycles. The Morgan fingerprint density at radius 1 is 1.13 bits per heavy atom. The van der Waals surface area contributed by atoms with Crippen molar-refractivity contribution in [1.29, 1.82) is 0 Å². The molecular formula is C18H17ClN4O4S3. The van der Waals surface area contributed by atoms with E-state index in [0.29, 0.717) is 20.8 Å². The van der Waals surface area contributed by atoms with Crippen molar-refractivity contribution in [2.45, 2.75) is 11.1 Å². The lowest BCUT2D eigenvalue weighted by Gasteiger charge is -2.15. The average molecular weight is 485 g/mol. The summed E-state index contributed by atoms with van der Waals surface area (Å²) < 4.78 is 26.3. The number of hydrogen-bond acceptors (Lipinski definition) is 7. The predicted molar refractivity (Wildman–Crippen MR) is 120 cm³/mol. The number of thiophene rings is 1. The van der Waals surface area contributed by atoms with Crippen molar-refractivity contribution in [3.05, 3.63) is 46.1 Å². The molecule has 30 heavy (non-hydrogen) atoms. The van der Waals surface area contributed by atoms with Crippen LogP contribution in [0, 0.1) is 0 Å². The molecule has 0 fully saturated rings. The summed E-state index contributed by atoms with van der Waals surface area (Å²) in [7, 11) is -2.47. The van der Waals surface area contributed by atoms with Crippen LogP contribution in [0.2, 0.25) is 4.34 Å². The molecule has 8 nitrogen and oxygen atoms in total. The summed E-state index contributed by atoms with van der Waals surface area (Å²) in [4.78, 5) is 27.7. The lowest BCUT2D eigenvalue weighted by Crippen LogP contribution is -2.34. The van der Waals surface area contributed by atoms with Crippen LogP contribution in [0.25, 0.3) is 11.3 Å². The number of benzene rings is 1. The van der Waals surface area contributed by atoms with Gasteiger partial charge in [0.25, 0.3) is 10.0 Å². The largest absolute Gasteiger partial charge is 0.326 e. The van der Waals surface area contributed by atoms with Gasteiger partial charge in [0, 0.05) is 30.6 Å². The van der Waals surface area contributed by atoms with Crippen LogP contribution >= 0.6 is 34.3 Å². The maximum absolute atomic E-state index is 12.5. The first-order valence-electron chi connectivity index (χ1n) is 8.50. The van der Waals surface area contributed by atoms with Crippen LogP contribution in [0.5, 0.6) is 0 Å². The summed E-state index contributed by atoms with van der Waals surface area (Å²) in [6.45, 7) is 1.07. The molecule has 158 valence electrons. The molecular weight excluding hydrogens is 468 g/mol. The highest BCUT2D eigenvalue weighted by Crippen LogP contribution is 2.28. The molecule has 0 saturated heterocycles. The summed E-state index contributed by atoms with van der Waals surface area (Å²) >= 11 is 7.95. The smallest absolute Gasteiger partial charge is 0.252 e. The molecule has 0 aliphatic heterocycles. The normalized spacial score (nSPS) is 11.5. The van der Waals surface area contributed by atoms with E-state index in [0.717, 1.165) is 21.2 Å². The van der Waals surface area contributed by atoms with Gasteiger partial charge in [-0.25, -0.2) is 13.4 Å². The van der Waals surface area contributed by atoms with E-state index in [1.54, 1.807) is 29.6 Å². The summed E-state index contributed by atoms with van der Waals surface area (Å²) in [6, 6.07) is 10.0. The minimum Gasteiger partial charge on any atom is -0.326 e. The van der Waals surface area contributed by atoms with Gasteiger partial charge in [-0.05, 0) is 24.3 Å². The third-order valence-electron chi connectivity index (χ3n) is 3.83. The zero-order chi connectivity index (χ0) is 21.9. The lowest BCUT2D eigenvalue weighted by molar-refractivity contribution is -0.116. The maximum atomic E-state index is 12.5. The summed E-state index contributed by atoms with van der Waals surface area (Å²) in [5.41, 5.74) is 2.14. The maximum Gasteiger partial charge on any atom is 0.252 e. The molecule has 3 aromatic rings. The van der Waals surface area contributed by atoms with Crippen molar-refractivity contribution >= 4 is 66.9 Å². The number of aromatic nitrogens is 1. The first-order valence-corrected chi connectivity index (χ1v) is 12.0. The van der Waals surface area contributed by atoms with Gasteiger partial charge in [0.2, 0.25) is 11.8 Å². The van der Waals surface area contributed by atoms with E-state index < -0.39 is 15.9 Å². The van der Waals surface area contributed by atoms with E-state index in [4.69, 9.17) is 11.6 Å². The number of carbonyl (C=O) groups is 2. The van der Waals surface area contributed by atoms with Crippen molar-refractivity contribution in [1.82, 2.24) is 9.29 Å². The van der Waals surface area contributed by atoms with Crippen LogP contribution in [0.15, 0.2) is 46.0 Å². The van der Waals surface area contributed by atoms with E-state index in [1.165, 1.54) is 37.4 Å². The van der Waals surface area contributed by atoms with Gasteiger partial charge >= 0.3 is 0 Å². The van der Waals surface area contributed by atoms with E-state index in [9.17, 15) is 18.0 Å². The monoisotopic (exact) mass is 484 g/mol. The van der Waals surface area contributed by atoms with Gasteiger partial charge in [-0.15, -0.1) is 22.7 Å². The second-order valence-corrected chi connectivity index (χ2v) is 11.0. The number of sulfonamides is 1. The average Bonchev–Trinajstić information content (AvgIpc) is 3.31. The minimum absolute atomic E-state index is 0.0713. The van der Waals surface area contributed by atoms with Gasteiger partial charge in [0.1, 0.15) is 4.21 Å². The van der Waals surface area contributed by atoms with Gasteiger partial charge < -0.3 is 10.6 Å². The molecule has 0 spiro atoms. The lowest BCUT2D eigenvalue weighted by atomic mass is 10.1. The molecule has 2 heterocycles. The zero-order valence-corrected chi connectivity index (χ0v) is 19.1. The Labute approximate surface area is 186 Å². The molecule has 2 N–H and O–H groups in total. The highest BCUT2D eigenvalue weighted by Gasteiger charge is 2.25. The van der Waals surface area contributed by atoms with E-state index in [2.05, 4.69) is 15.6 Å². The van der Waals surface area contributed by atoms with Crippen LogP contribution in [0.3, 0.4) is 0 Å². The molecule has 0 unspecified atom stereocenters. The SMILES string of the molecule is CC(=O)Nc1ccc(-c2csc(NC(=O)CN(C)S(=O)(=O)c3ccc(Cl)s3)n2)cc1. The third-order valence-corrected chi connectivity index (χ3v) is 8.09. The van der Waals surface area contributed by atoms with Gasteiger partial charge in [-0.3, -0.25) is 9.59 Å². The Hall–Kier alpha value is -2.31. The Morgan fingerprint density at radius 3 is 2.43 bits per heavy atom. The Bertz CT molecular complexity index is 1170. The molecule has 2 amide bonds. The van der Waals surface area contributed by atoms with Crippen LogP contribution < -0.4 is 10.6 Å². The second kappa shape index (κ2) is 9.23. The standard InChI is InChI=1S/C18H17ClN4O4S3/c1-11(24)20-13-5-3-12(4-6-13)14-10-28-18(21-14)22-16(25)9-23(2)30(26,27)17-8-7-15(19)29-17/h3-8,10H,9H2,1-2H3,(H,20,24)(H,21,22,25). The molecule has 0 aliphatic carbocycles. The second-order valence-electron chi connectivity index (χ2n) is 6.16. The van der Waals surface area contributed by atoms with Crippen LogP contribution in [0.1, 0.15) is 6.92 Å². The first kappa shape index (κ1) is 22.4. The zero-order valence-electron chi connectivity index (χ0n) is 15.9. The number of rotatable bonds is 7. The van der Waals surface area contributed by atoms with Gasteiger partial charge in [-0.1, -0.05) is 23.7 Å². The minimum atomic E-state index is -3.80. The number of carbonyl (C=O) groups excluding carboxylic acids is 2. The Balaban J connectivity index is 1.62. The van der Waals surface area contributed by atoms with Crippen molar-refractivity contribution < 1.29 is 18.0 Å². The molecule has 0 bridgehead atoms. The van der Waals surface area contributed by atoms with Gasteiger partial charge in [0.05, 0.1) is 16.6 Å². The predicted octanol–water partition coefficient (Wildman–Crippen LogP) is 3.74. The molecule has 0 aliphatic rings. The number of hydrogen-bond donors (Lipinski definition) is 2. The highest BCUT2D eigenvalue weighted by molar-refractivity contribution is 7.91. The number of anilines is 2. The van der Waals surface area contributed by atoms with Crippen LogP contribution in [-0.4, -0.2) is 43.1 Å². The molecule has 12 heteroatoms. The van der Waals surface area contributed by atoms with Gasteiger partial charge in [0.15, 0.2) is 5.13 Å². The number of nitrogens with zero attached hydrogens (tertiary/aromatic N) is 2.